The van der Waals surface area contributed by atoms with E-state index in [0.717, 1.165) is 69.1 Å². The first-order valence-electron chi connectivity index (χ1n) is 14.3. The molecule has 1 fully saturated rings. The van der Waals surface area contributed by atoms with E-state index >= 15 is 4.39 Å². The molecule has 3 aromatic carbocycles. The highest BCUT2D eigenvalue weighted by Crippen LogP contribution is 2.36. The summed E-state index contributed by atoms with van der Waals surface area (Å²) in [6, 6.07) is 15.6. The number of rotatable bonds is 12. The zero-order valence-corrected chi connectivity index (χ0v) is 23.0. The number of hydrogen-bond donors (Lipinski definition) is 0. The van der Waals surface area contributed by atoms with Gasteiger partial charge in [-0.15, -0.1) is 0 Å². The maximum atomic E-state index is 15.0. The quantitative estimate of drug-likeness (QED) is 0.169. The van der Waals surface area contributed by atoms with Crippen LogP contribution in [0.15, 0.2) is 54.6 Å². The fraction of sp³-hybridized carbons (Fsp3) is 0.412. The Balaban J connectivity index is 1.38. The Bertz CT molecular complexity index is 1230. The normalized spacial score (nSPS) is 17.6. The Kier molecular flexibility index (Phi) is 10.7. The molecule has 0 radical (unpaired) electrons. The molecule has 0 N–H and O–H groups in total. The summed E-state index contributed by atoms with van der Waals surface area (Å²) in [5, 5.41) is 0. The lowest BCUT2D eigenvalue weighted by molar-refractivity contribution is 0.0230. The summed E-state index contributed by atoms with van der Waals surface area (Å²) >= 11 is 0. The van der Waals surface area contributed by atoms with E-state index in [1.54, 1.807) is 36.4 Å². The molecule has 1 aliphatic carbocycles. The van der Waals surface area contributed by atoms with Crippen LogP contribution in [0.4, 0.5) is 13.2 Å². The van der Waals surface area contributed by atoms with Crippen molar-refractivity contribution in [2.45, 2.75) is 77.2 Å². The van der Waals surface area contributed by atoms with E-state index in [4.69, 9.17) is 9.47 Å². The Morgan fingerprint density at radius 3 is 2.18 bits per heavy atom. The van der Waals surface area contributed by atoms with Crippen LogP contribution in [0.25, 0.3) is 23.3 Å². The van der Waals surface area contributed by atoms with Gasteiger partial charge in [0.25, 0.3) is 0 Å². The monoisotopic (exact) mass is 536 g/mol. The molecule has 39 heavy (non-hydrogen) atoms. The predicted molar refractivity (Wildman–Crippen MR) is 153 cm³/mol. The molecule has 0 unspecified atom stereocenters. The van der Waals surface area contributed by atoms with E-state index in [1.165, 1.54) is 6.07 Å². The van der Waals surface area contributed by atoms with Crippen molar-refractivity contribution < 1.29 is 22.6 Å². The molecule has 4 rings (SSSR count). The lowest BCUT2D eigenvalue weighted by Crippen LogP contribution is -2.22. The Labute approximate surface area is 230 Å². The molecule has 0 atom stereocenters. The third-order valence-corrected chi connectivity index (χ3v) is 7.49. The van der Waals surface area contributed by atoms with Gasteiger partial charge in [0.15, 0.2) is 11.6 Å². The molecule has 3 aromatic rings. The predicted octanol–water partition coefficient (Wildman–Crippen LogP) is 9.96. The van der Waals surface area contributed by atoms with Gasteiger partial charge in [0.1, 0.15) is 11.6 Å². The molecule has 1 saturated carbocycles. The van der Waals surface area contributed by atoms with Gasteiger partial charge in [0.05, 0.1) is 12.7 Å². The van der Waals surface area contributed by atoms with Gasteiger partial charge in [-0.2, -0.15) is 0 Å². The van der Waals surface area contributed by atoms with E-state index < -0.39 is 11.6 Å². The number of halogens is 3. The average Bonchev–Trinajstić information content (AvgIpc) is 2.95. The van der Waals surface area contributed by atoms with Gasteiger partial charge >= 0.3 is 0 Å². The molecular formula is C34H39F3O2. The van der Waals surface area contributed by atoms with Crippen LogP contribution in [-0.4, -0.2) is 19.3 Å². The smallest absolute Gasteiger partial charge is 0.166 e. The molecule has 0 saturated heterocycles. The van der Waals surface area contributed by atoms with Crippen molar-refractivity contribution in [1.29, 1.82) is 0 Å². The third-order valence-electron chi connectivity index (χ3n) is 7.49. The fourth-order valence-electron chi connectivity index (χ4n) is 5.07. The minimum atomic E-state index is -0.815. The zero-order chi connectivity index (χ0) is 27.6. The minimum Gasteiger partial charge on any atom is -0.493 e. The van der Waals surface area contributed by atoms with E-state index in [0.29, 0.717) is 23.5 Å². The molecule has 0 aliphatic heterocycles. The molecule has 0 amide bonds. The van der Waals surface area contributed by atoms with Crippen LogP contribution < -0.4 is 4.74 Å². The van der Waals surface area contributed by atoms with Crippen molar-refractivity contribution in [1.82, 2.24) is 0 Å². The Morgan fingerprint density at radius 2 is 1.49 bits per heavy atom. The molecular weight excluding hydrogens is 497 g/mol. The summed E-state index contributed by atoms with van der Waals surface area (Å²) in [4.78, 5) is 0. The summed E-state index contributed by atoms with van der Waals surface area (Å²) in [6.45, 7) is 5.56. The van der Waals surface area contributed by atoms with Gasteiger partial charge in [0, 0.05) is 23.8 Å². The molecule has 0 aromatic heterocycles. The molecule has 0 bridgehead atoms. The van der Waals surface area contributed by atoms with Gasteiger partial charge in [-0.1, -0.05) is 75.2 Å². The molecule has 0 heterocycles. The largest absolute Gasteiger partial charge is 0.493 e. The molecule has 5 heteroatoms. The average molecular weight is 537 g/mol. The van der Waals surface area contributed by atoms with E-state index in [-0.39, 0.29) is 23.4 Å². The highest BCUT2D eigenvalue weighted by atomic mass is 19.2. The fourth-order valence-corrected chi connectivity index (χ4v) is 5.07. The topological polar surface area (TPSA) is 18.5 Å². The highest BCUT2D eigenvalue weighted by Gasteiger charge is 2.26. The van der Waals surface area contributed by atoms with Crippen molar-refractivity contribution in [3.8, 4) is 16.9 Å². The highest BCUT2D eigenvalue weighted by molar-refractivity contribution is 5.73. The van der Waals surface area contributed by atoms with Gasteiger partial charge in [0.2, 0.25) is 0 Å². The first kappa shape index (κ1) is 28.9. The van der Waals surface area contributed by atoms with Crippen molar-refractivity contribution in [3.05, 3.63) is 88.7 Å². The maximum absolute atomic E-state index is 15.0. The summed E-state index contributed by atoms with van der Waals surface area (Å²) in [5.74, 6) is -1.37. The van der Waals surface area contributed by atoms with Crippen LogP contribution in [0.1, 0.15) is 87.8 Å². The summed E-state index contributed by atoms with van der Waals surface area (Å²) in [7, 11) is 0. The van der Waals surface area contributed by atoms with Crippen LogP contribution in [0.2, 0.25) is 0 Å². The van der Waals surface area contributed by atoms with Crippen LogP contribution in [0, 0.1) is 17.5 Å². The van der Waals surface area contributed by atoms with E-state index in [2.05, 4.69) is 13.8 Å². The summed E-state index contributed by atoms with van der Waals surface area (Å²) in [6.07, 6.45) is 11.0. The number of ether oxygens (including phenoxy) is 2. The summed E-state index contributed by atoms with van der Waals surface area (Å²) < 4.78 is 56.1. The zero-order valence-electron chi connectivity index (χ0n) is 23.0. The number of unbranched alkanes of at least 4 members (excludes halogenated alkanes) is 2. The first-order valence-corrected chi connectivity index (χ1v) is 14.3. The third kappa shape index (κ3) is 7.76. The second-order valence-electron chi connectivity index (χ2n) is 10.4. The van der Waals surface area contributed by atoms with E-state index in [9.17, 15) is 8.78 Å². The molecule has 0 spiro atoms. The second-order valence-corrected chi connectivity index (χ2v) is 10.4. The second kappa shape index (κ2) is 14.4. The SMILES string of the molecule is CCCCOc1ccc(-c2ccc(/C=C/c3ccc(C4CCC(OCCCC)CC4)c(F)c3F)cc2)c(F)c1. The number of benzene rings is 3. The van der Waals surface area contributed by atoms with Crippen molar-refractivity contribution >= 4 is 12.2 Å². The van der Waals surface area contributed by atoms with E-state index in [1.807, 2.05) is 24.3 Å². The Hall–Kier alpha value is -3.05. The Morgan fingerprint density at radius 1 is 0.769 bits per heavy atom. The number of hydrogen-bond acceptors (Lipinski definition) is 2. The minimum absolute atomic E-state index is 0.0217. The molecule has 208 valence electrons. The van der Waals surface area contributed by atoms with Gasteiger partial charge < -0.3 is 9.47 Å². The van der Waals surface area contributed by atoms with Crippen LogP contribution in [0.3, 0.4) is 0 Å². The lowest BCUT2D eigenvalue weighted by atomic mass is 9.82. The maximum Gasteiger partial charge on any atom is 0.166 e. The summed E-state index contributed by atoms with van der Waals surface area (Å²) in [5.41, 5.74) is 2.70. The lowest BCUT2D eigenvalue weighted by Gasteiger charge is -2.29. The van der Waals surface area contributed by atoms with Crippen molar-refractivity contribution in [2.75, 3.05) is 13.2 Å². The molecule has 1 aliphatic rings. The molecule has 2 nitrogen and oxygen atoms in total. The van der Waals surface area contributed by atoms with Gasteiger partial charge in [-0.25, -0.2) is 13.2 Å². The van der Waals surface area contributed by atoms with Gasteiger partial charge in [-0.3, -0.25) is 0 Å². The van der Waals surface area contributed by atoms with Crippen LogP contribution in [0.5, 0.6) is 5.75 Å². The first-order chi connectivity index (χ1) is 19.0. The standard InChI is InChI=1S/C34H39F3O2/c1-3-5-21-38-28-16-13-26(14-17-28)31-19-15-27(33(36)34(31)37)12-9-24-7-10-25(11-8-24)30-20-18-29(23-32(30)35)39-22-6-4-2/h7-12,15,18-20,23,26,28H,3-6,13-14,16-17,21-22H2,1-2H3/b12-9+. The van der Waals surface area contributed by atoms with Crippen LogP contribution >= 0.6 is 0 Å². The van der Waals surface area contributed by atoms with Gasteiger partial charge in [-0.05, 0) is 73.3 Å². The van der Waals surface area contributed by atoms with Crippen molar-refractivity contribution in [2.24, 2.45) is 0 Å². The van der Waals surface area contributed by atoms with Crippen LogP contribution in [-0.2, 0) is 4.74 Å². The van der Waals surface area contributed by atoms with Crippen molar-refractivity contribution in [3.63, 3.8) is 0 Å².